The summed E-state index contributed by atoms with van der Waals surface area (Å²) in [5.41, 5.74) is 8.45. The number of carboxylic acids is 1. The van der Waals surface area contributed by atoms with Gasteiger partial charge < -0.3 is 25.5 Å². The lowest BCUT2D eigenvalue weighted by Gasteiger charge is -2.34. The average Bonchev–Trinajstić information content (AvgIpc) is 3.46. The average molecular weight is 521 g/mol. The fourth-order valence-corrected chi connectivity index (χ4v) is 4.69. The molecule has 1 aliphatic rings. The monoisotopic (exact) mass is 520 g/mol. The highest BCUT2D eigenvalue weighted by molar-refractivity contribution is 6.07. The van der Waals surface area contributed by atoms with Crippen molar-refractivity contribution in [2.24, 2.45) is 5.73 Å². The molecule has 0 fully saturated rings. The van der Waals surface area contributed by atoms with E-state index in [9.17, 15) is 24.3 Å². The first-order valence-electron chi connectivity index (χ1n) is 12.4. The van der Waals surface area contributed by atoms with E-state index >= 15 is 0 Å². The second kappa shape index (κ2) is 10.7. The smallest absolute Gasteiger partial charge is 0.417 e. The Morgan fingerprint density at radius 2 is 1.79 bits per heavy atom. The van der Waals surface area contributed by atoms with Gasteiger partial charge in [0, 0.05) is 29.3 Å². The number of amides is 3. The number of aromatic amines is 1. The van der Waals surface area contributed by atoms with Crippen LogP contribution in [0.3, 0.4) is 0 Å². The second-order valence-corrected chi connectivity index (χ2v) is 10.3. The Balaban J connectivity index is 1.69. The maximum absolute atomic E-state index is 13.8. The van der Waals surface area contributed by atoms with Crippen molar-refractivity contribution in [3.8, 4) is 0 Å². The van der Waals surface area contributed by atoms with Crippen molar-refractivity contribution >= 4 is 40.5 Å². The summed E-state index contributed by atoms with van der Waals surface area (Å²) in [5.74, 6) is -2.92. The molecule has 4 rings (SSSR count). The molecule has 0 unspecified atom stereocenters. The van der Waals surface area contributed by atoms with Gasteiger partial charge >= 0.3 is 12.1 Å². The molecule has 38 heavy (non-hydrogen) atoms. The third-order valence-electron chi connectivity index (χ3n) is 6.38. The molecule has 1 aliphatic heterocycles. The molecule has 0 saturated carbocycles. The number of nitrogens with zero attached hydrogens (tertiary/aromatic N) is 2. The van der Waals surface area contributed by atoms with Crippen LogP contribution < -0.4 is 10.6 Å². The molecule has 0 radical (unpaired) electrons. The van der Waals surface area contributed by atoms with Crippen molar-refractivity contribution in [2.45, 2.75) is 57.7 Å². The number of H-pyrrole nitrogens is 1. The summed E-state index contributed by atoms with van der Waals surface area (Å²) in [6, 6.07) is 11.9. The number of aromatic nitrogens is 1. The molecule has 4 N–H and O–H groups in total. The second-order valence-electron chi connectivity index (χ2n) is 10.3. The first-order chi connectivity index (χ1) is 18.0. The molecular formula is C28H32N4O6. The van der Waals surface area contributed by atoms with E-state index < -0.39 is 48.0 Å². The maximum Gasteiger partial charge on any atom is 0.417 e. The largest absolute Gasteiger partial charge is 0.481 e. The standard InChI is InChI=1S/C28H32N4O6/c1-28(2,3)38-27(37)32(25(35)20(29)14-18-16-30-21-10-6-5-9-19(18)21)23(15-24(33)34)26(36)31-13-12-17-8-4-7-11-22(17)31/h4-11,16,20,23,30H,12-15,29H2,1-3H3,(H,33,34)/t20-,23-/m0/s1. The van der Waals surface area contributed by atoms with Crippen molar-refractivity contribution in [3.05, 3.63) is 65.9 Å². The molecule has 2 heterocycles. The van der Waals surface area contributed by atoms with Gasteiger partial charge in [0.2, 0.25) is 5.91 Å². The number of rotatable bonds is 7. The molecule has 0 bridgehead atoms. The van der Waals surface area contributed by atoms with Crippen molar-refractivity contribution in [3.63, 3.8) is 0 Å². The number of nitrogens with two attached hydrogens (primary N) is 1. The molecule has 1 aromatic heterocycles. The molecule has 3 amide bonds. The van der Waals surface area contributed by atoms with Crippen molar-refractivity contribution in [1.82, 2.24) is 9.88 Å². The van der Waals surface area contributed by atoms with Crippen LogP contribution in [0, 0.1) is 0 Å². The van der Waals surface area contributed by atoms with Gasteiger partial charge in [0.15, 0.2) is 0 Å². The first-order valence-corrected chi connectivity index (χ1v) is 12.4. The Kier molecular flexibility index (Phi) is 7.54. The number of hydrogen-bond donors (Lipinski definition) is 3. The zero-order valence-electron chi connectivity index (χ0n) is 21.6. The molecule has 10 nitrogen and oxygen atoms in total. The Labute approximate surface area is 220 Å². The van der Waals surface area contributed by atoms with Crippen LogP contribution in [0.5, 0.6) is 0 Å². The number of carbonyl (C=O) groups is 4. The topological polar surface area (TPSA) is 146 Å². The number of carboxylic acid groups (broad SMARTS) is 1. The predicted molar refractivity (Wildman–Crippen MR) is 142 cm³/mol. The maximum atomic E-state index is 13.8. The minimum atomic E-state index is -1.64. The molecule has 3 aromatic rings. The summed E-state index contributed by atoms with van der Waals surface area (Å²) >= 11 is 0. The SMILES string of the molecule is CC(C)(C)OC(=O)N(C(=O)[C@@H](N)Cc1c[nH]c2ccccc12)[C@@H](CC(=O)O)C(=O)N1CCc2ccccc21. The molecule has 200 valence electrons. The number of benzene rings is 2. The number of para-hydroxylation sites is 2. The summed E-state index contributed by atoms with van der Waals surface area (Å²) < 4.78 is 5.46. The summed E-state index contributed by atoms with van der Waals surface area (Å²) in [5, 5.41) is 10.6. The Bertz CT molecular complexity index is 1370. The first kappa shape index (κ1) is 26.9. The van der Waals surface area contributed by atoms with Gasteiger partial charge in [-0.3, -0.25) is 14.4 Å². The van der Waals surface area contributed by atoms with Crippen molar-refractivity contribution < 1.29 is 29.0 Å². The summed E-state index contributed by atoms with van der Waals surface area (Å²) in [6.45, 7) is 5.14. The summed E-state index contributed by atoms with van der Waals surface area (Å²) in [7, 11) is 0. The molecule has 2 atom stereocenters. The molecule has 0 saturated heterocycles. The Hall–Kier alpha value is -4.18. The molecule has 0 aliphatic carbocycles. The summed E-state index contributed by atoms with van der Waals surface area (Å²) in [4.78, 5) is 57.9. The van der Waals surface area contributed by atoms with E-state index in [0.29, 0.717) is 23.6 Å². The number of imide groups is 1. The third kappa shape index (κ3) is 5.70. The van der Waals surface area contributed by atoms with Crippen molar-refractivity contribution in [2.75, 3.05) is 11.4 Å². The van der Waals surface area contributed by atoms with E-state index in [1.54, 1.807) is 39.1 Å². The van der Waals surface area contributed by atoms with Crippen molar-refractivity contribution in [1.29, 1.82) is 0 Å². The van der Waals surface area contributed by atoms with Crippen LogP contribution in [-0.2, 0) is 32.0 Å². The highest BCUT2D eigenvalue weighted by atomic mass is 16.6. The van der Waals surface area contributed by atoms with Crippen LogP contribution in [0.25, 0.3) is 10.9 Å². The van der Waals surface area contributed by atoms with E-state index in [1.807, 2.05) is 36.4 Å². The van der Waals surface area contributed by atoms with Gasteiger partial charge in [-0.1, -0.05) is 36.4 Å². The quantitative estimate of drug-likeness (QED) is 0.433. The van der Waals surface area contributed by atoms with Gasteiger partial charge in [-0.15, -0.1) is 0 Å². The molecule has 10 heteroatoms. The predicted octanol–water partition coefficient (Wildman–Crippen LogP) is 3.23. The van der Waals surface area contributed by atoms with Gasteiger partial charge in [-0.25, -0.2) is 9.69 Å². The van der Waals surface area contributed by atoms with E-state index in [0.717, 1.165) is 22.0 Å². The number of aliphatic carboxylic acids is 1. The van der Waals surface area contributed by atoms with E-state index in [-0.39, 0.29) is 6.42 Å². The Morgan fingerprint density at radius 3 is 2.50 bits per heavy atom. The van der Waals surface area contributed by atoms with Gasteiger partial charge in [-0.2, -0.15) is 0 Å². The number of carbonyl (C=O) groups excluding carboxylic acids is 3. The lowest BCUT2D eigenvalue weighted by Crippen LogP contribution is -2.59. The van der Waals surface area contributed by atoms with Crippen LogP contribution in [0.4, 0.5) is 10.5 Å². The van der Waals surface area contributed by atoms with Crippen LogP contribution in [0.2, 0.25) is 0 Å². The van der Waals surface area contributed by atoms with Gasteiger partial charge in [0.05, 0.1) is 12.5 Å². The minimum absolute atomic E-state index is 0.0582. The normalized spacial score (nSPS) is 14.6. The summed E-state index contributed by atoms with van der Waals surface area (Å²) in [6.07, 6.45) is 0.452. The highest BCUT2D eigenvalue weighted by Crippen LogP contribution is 2.30. The molecule has 0 spiro atoms. The zero-order valence-corrected chi connectivity index (χ0v) is 21.6. The number of hydrogen-bond acceptors (Lipinski definition) is 6. The Morgan fingerprint density at radius 1 is 1.11 bits per heavy atom. The van der Waals surface area contributed by atoms with Gasteiger partial charge in [0.1, 0.15) is 11.6 Å². The van der Waals surface area contributed by atoms with Crippen LogP contribution in [0.15, 0.2) is 54.7 Å². The fourth-order valence-electron chi connectivity index (χ4n) is 4.69. The molecule has 2 aromatic carbocycles. The van der Waals surface area contributed by atoms with Gasteiger partial charge in [-0.05, 0) is 56.9 Å². The lowest BCUT2D eigenvalue weighted by atomic mass is 10.0. The van der Waals surface area contributed by atoms with Crippen LogP contribution >= 0.6 is 0 Å². The zero-order chi connectivity index (χ0) is 27.6. The van der Waals surface area contributed by atoms with E-state index in [1.165, 1.54) is 4.90 Å². The van der Waals surface area contributed by atoms with Crippen LogP contribution in [0.1, 0.15) is 38.3 Å². The van der Waals surface area contributed by atoms with E-state index in [2.05, 4.69) is 4.98 Å². The van der Waals surface area contributed by atoms with E-state index in [4.69, 9.17) is 10.5 Å². The lowest BCUT2D eigenvalue weighted by molar-refractivity contribution is -0.145. The number of fused-ring (bicyclic) bond motifs is 2. The number of anilines is 1. The number of ether oxygens (including phenoxy) is 1. The highest BCUT2D eigenvalue weighted by Gasteiger charge is 2.43. The molecular weight excluding hydrogens is 488 g/mol. The van der Waals surface area contributed by atoms with Crippen LogP contribution in [-0.4, -0.2) is 63.1 Å². The fraction of sp³-hybridized carbons (Fsp3) is 0.357. The minimum Gasteiger partial charge on any atom is -0.481 e. The number of nitrogens with one attached hydrogen (secondary N) is 1. The third-order valence-corrected chi connectivity index (χ3v) is 6.38. The van der Waals surface area contributed by atoms with Gasteiger partial charge in [0.25, 0.3) is 5.91 Å².